The molecular weight excluding hydrogens is 425 g/mol. The summed E-state index contributed by atoms with van der Waals surface area (Å²) in [6.45, 7) is 2.48. The monoisotopic (exact) mass is 445 g/mol. The number of hydrogen-bond donors (Lipinski definition) is 1. The van der Waals surface area contributed by atoms with Crippen LogP contribution < -0.4 is 5.32 Å². The van der Waals surface area contributed by atoms with Crippen molar-refractivity contribution in [2.24, 2.45) is 5.92 Å². The number of amides is 1. The predicted octanol–water partition coefficient (Wildman–Crippen LogP) is 5.97. The summed E-state index contributed by atoms with van der Waals surface area (Å²) in [5.41, 5.74) is 5.75. The van der Waals surface area contributed by atoms with Gasteiger partial charge in [0.05, 0.1) is 27.2 Å². The zero-order valence-electron chi connectivity index (χ0n) is 15.8. The van der Waals surface area contributed by atoms with E-state index < -0.39 is 0 Å². The molecule has 2 heterocycles. The van der Waals surface area contributed by atoms with E-state index in [4.69, 9.17) is 23.2 Å². The lowest BCUT2D eigenvalue weighted by atomic mass is 9.96. The van der Waals surface area contributed by atoms with Crippen LogP contribution in [0.2, 0.25) is 10.0 Å². The molecule has 0 radical (unpaired) electrons. The lowest BCUT2D eigenvalue weighted by molar-refractivity contribution is -0.121. The summed E-state index contributed by atoms with van der Waals surface area (Å²) in [5, 5.41) is 6.20. The maximum absolute atomic E-state index is 12.8. The second kappa shape index (κ2) is 9.26. The number of benzene rings is 2. The number of carbonyl (C=O) groups is 1. The van der Waals surface area contributed by atoms with Gasteiger partial charge < -0.3 is 5.32 Å². The van der Waals surface area contributed by atoms with E-state index in [-0.39, 0.29) is 11.8 Å². The third-order valence-corrected chi connectivity index (χ3v) is 6.47. The second-order valence-corrected chi connectivity index (χ2v) is 8.80. The average molecular weight is 446 g/mol. The Labute approximate surface area is 184 Å². The minimum atomic E-state index is -0.0234. The van der Waals surface area contributed by atoms with Gasteiger partial charge in [0.15, 0.2) is 0 Å². The van der Waals surface area contributed by atoms with Gasteiger partial charge in [-0.1, -0.05) is 41.4 Å². The molecule has 0 bridgehead atoms. The van der Waals surface area contributed by atoms with E-state index in [0.717, 1.165) is 55.0 Å². The fraction of sp³-hybridized carbons (Fsp3) is 0.273. The molecule has 7 heteroatoms. The maximum Gasteiger partial charge on any atom is 0.228 e. The van der Waals surface area contributed by atoms with Crippen molar-refractivity contribution in [2.75, 3.05) is 18.4 Å². The molecule has 4 nitrogen and oxygen atoms in total. The van der Waals surface area contributed by atoms with Crippen LogP contribution in [0.25, 0.3) is 11.3 Å². The van der Waals surface area contributed by atoms with Gasteiger partial charge in [-0.05, 0) is 49.2 Å². The number of piperidine rings is 1. The lowest BCUT2D eigenvalue weighted by Crippen LogP contribution is -2.40. The van der Waals surface area contributed by atoms with E-state index >= 15 is 0 Å². The van der Waals surface area contributed by atoms with Crippen LogP contribution >= 0.6 is 34.5 Å². The van der Waals surface area contributed by atoms with Crippen molar-refractivity contribution in [2.45, 2.75) is 19.4 Å². The Kier molecular flexibility index (Phi) is 6.50. The van der Waals surface area contributed by atoms with E-state index in [2.05, 4.69) is 15.2 Å². The lowest BCUT2D eigenvalue weighted by Gasteiger charge is -2.32. The highest BCUT2D eigenvalue weighted by Gasteiger charge is 2.26. The van der Waals surface area contributed by atoms with Crippen molar-refractivity contribution in [3.05, 3.63) is 69.0 Å². The number of rotatable bonds is 5. The molecule has 1 atom stereocenters. The molecule has 1 N–H and O–H groups in total. The zero-order valence-corrected chi connectivity index (χ0v) is 18.1. The minimum Gasteiger partial charge on any atom is -0.326 e. The normalized spacial score (nSPS) is 17.2. The number of nitrogens with zero attached hydrogens (tertiary/aromatic N) is 2. The Bertz CT molecular complexity index is 976. The Morgan fingerprint density at radius 2 is 2.00 bits per heavy atom. The van der Waals surface area contributed by atoms with Gasteiger partial charge in [-0.15, -0.1) is 11.3 Å². The molecule has 150 valence electrons. The van der Waals surface area contributed by atoms with Crippen molar-refractivity contribution in [3.63, 3.8) is 0 Å². The summed E-state index contributed by atoms with van der Waals surface area (Å²) < 4.78 is 0. The molecule has 1 unspecified atom stereocenters. The van der Waals surface area contributed by atoms with Gasteiger partial charge in [0.25, 0.3) is 0 Å². The third kappa shape index (κ3) is 5.17. The zero-order chi connectivity index (χ0) is 20.2. The Morgan fingerprint density at radius 3 is 2.72 bits per heavy atom. The molecule has 2 aromatic carbocycles. The van der Waals surface area contributed by atoms with Gasteiger partial charge >= 0.3 is 0 Å². The highest BCUT2D eigenvalue weighted by atomic mass is 35.5. The van der Waals surface area contributed by atoms with Crippen LogP contribution in [0.15, 0.2) is 53.4 Å². The van der Waals surface area contributed by atoms with Gasteiger partial charge in [-0.3, -0.25) is 9.69 Å². The molecule has 1 saturated heterocycles. The molecule has 1 aliphatic heterocycles. The van der Waals surface area contributed by atoms with E-state index in [1.807, 2.05) is 53.4 Å². The smallest absolute Gasteiger partial charge is 0.228 e. The van der Waals surface area contributed by atoms with E-state index in [1.54, 1.807) is 11.3 Å². The number of halogens is 2. The van der Waals surface area contributed by atoms with Gasteiger partial charge in [0.1, 0.15) is 0 Å². The van der Waals surface area contributed by atoms with Crippen molar-refractivity contribution >= 4 is 46.1 Å². The van der Waals surface area contributed by atoms with Crippen molar-refractivity contribution in [1.29, 1.82) is 0 Å². The average Bonchev–Trinajstić information content (AvgIpc) is 3.26. The molecule has 3 aromatic rings. The van der Waals surface area contributed by atoms with Crippen LogP contribution in [0.5, 0.6) is 0 Å². The predicted molar refractivity (Wildman–Crippen MR) is 121 cm³/mol. The van der Waals surface area contributed by atoms with Gasteiger partial charge in [-0.2, -0.15) is 0 Å². The summed E-state index contributed by atoms with van der Waals surface area (Å²) in [4.78, 5) is 19.4. The fourth-order valence-electron chi connectivity index (χ4n) is 3.63. The number of nitrogens with one attached hydrogen (secondary N) is 1. The van der Waals surface area contributed by atoms with Crippen LogP contribution in [0.3, 0.4) is 0 Å². The Morgan fingerprint density at radius 1 is 1.17 bits per heavy atom. The molecule has 0 spiro atoms. The standard InChI is InChI=1S/C22H21Cl2N3OS/c23-19-8-3-15(10-20(19)24)11-27-9-1-2-17(12-27)22(28)26-18-6-4-16(5-7-18)21-13-29-14-25-21/h3-8,10,13-14,17H,1-2,9,11-12H2,(H,26,28). The Balaban J connectivity index is 1.35. The summed E-state index contributed by atoms with van der Waals surface area (Å²) in [5.74, 6) is 0.0509. The number of hydrogen-bond acceptors (Lipinski definition) is 4. The van der Waals surface area contributed by atoms with Crippen molar-refractivity contribution in [1.82, 2.24) is 9.88 Å². The van der Waals surface area contributed by atoms with Gasteiger partial charge in [0, 0.05) is 29.7 Å². The number of carbonyl (C=O) groups excluding carboxylic acids is 1. The first-order valence-electron chi connectivity index (χ1n) is 9.54. The number of thiazole rings is 1. The molecule has 1 amide bonds. The van der Waals surface area contributed by atoms with Gasteiger partial charge in [0.2, 0.25) is 5.91 Å². The minimum absolute atomic E-state index is 0.0234. The first kappa shape index (κ1) is 20.4. The molecule has 1 aliphatic rings. The van der Waals surface area contributed by atoms with E-state index in [0.29, 0.717) is 10.0 Å². The summed E-state index contributed by atoms with van der Waals surface area (Å²) in [6, 6.07) is 13.6. The third-order valence-electron chi connectivity index (χ3n) is 5.15. The number of likely N-dealkylation sites (tertiary alicyclic amines) is 1. The van der Waals surface area contributed by atoms with Crippen molar-refractivity contribution in [3.8, 4) is 11.3 Å². The Hall–Kier alpha value is -1.92. The van der Waals surface area contributed by atoms with Crippen LogP contribution in [0.1, 0.15) is 18.4 Å². The first-order chi connectivity index (χ1) is 14.1. The quantitative estimate of drug-likeness (QED) is 0.526. The summed E-state index contributed by atoms with van der Waals surface area (Å²) >= 11 is 13.7. The molecule has 0 saturated carbocycles. The van der Waals surface area contributed by atoms with Crippen molar-refractivity contribution < 1.29 is 4.79 Å². The largest absolute Gasteiger partial charge is 0.326 e. The number of anilines is 1. The van der Waals surface area contributed by atoms with Crippen LogP contribution in [0, 0.1) is 5.92 Å². The molecule has 29 heavy (non-hydrogen) atoms. The van der Waals surface area contributed by atoms with E-state index in [1.165, 1.54) is 0 Å². The number of aromatic nitrogens is 1. The first-order valence-corrected chi connectivity index (χ1v) is 11.2. The summed E-state index contributed by atoms with van der Waals surface area (Å²) in [6.07, 6.45) is 1.91. The highest BCUT2D eigenvalue weighted by molar-refractivity contribution is 7.07. The summed E-state index contributed by atoms with van der Waals surface area (Å²) in [7, 11) is 0. The molecule has 1 fully saturated rings. The SMILES string of the molecule is O=C(Nc1ccc(-c2cscn2)cc1)C1CCCN(Cc2ccc(Cl)c(Cl)c2)C1. The second-order valence-electron chi connectivity index (χ2n) is 7.26. The maximum atomic E-state index is 12.8. The highest BCUT2D eigenvalue weighted by Crippen LogP contribution is 2.26. The molecule has 4 rings (SSSR count). The van der Waals surface area contributed by atoms with Crippen LogP contribution in [-0.4, -0.2) is 28.9 Å². The molecule has 1 aromatic heterocycles. The van der Waals surface area contributed by atoms with Gasteiger partial charge in [-0.25, -0.2) is 4.98 Å². The fourth-order valence-corrected chi connectivity index (χ4v) is 4.51. The molecular formula is C22H21Cl2N3OS. The van der Waals surface area contributed by atoms with Crippen LogP contribution in [-0.2, 0) is 11.3 Å². The topological polar surface area (TPSA) is 45.2 Å². The molecule has 0 aliphatic carbocycles. The van der Waals surface area contributed by atoms with E-state index in [9.17, 15) is 4.79 Å². The van der Waals surface area contributed by atoms with Crippen LogP contribution in [0.4, 0.5) is 5.69 Å².